The van der Waals surface area contributed by atoms with E-state index in [1.54, 1.807) is 13.3 Å². The molecule has 1 aromatic carbocycles. The van der Waals surface area contributed by atoms with Gasteiger partial charge < -0.3 is 15.0 Å². The normalized spacial score (nSPS) is 25.5. The zero-order chi connectivity index (χ0) is 16.5. The summed E-state index contributed by atoms with van der Waals surface area (Å²) in [6.07, 6.45) is 4.14. The van der Waals surface area contributed by atoms with Crippen LogP contribution < -0.4 is 10.1 Å². The number of thiazole rings is 1. The molecule has 126 valence electrons. The monoisotopic (exact) mass is 343 g/mol. The highest BCUT2D eigenvalue weighted by Gasteiger charge is 2.35. The minimum Gasteiger partial charge on any atom is -0.496 e. The van der Waals surface area contributed by atoms with Crippen LogP contribution in [-0.4, -0.2) is 48.6 Å². The van der Waals surface area contributed by atoms with E-state index in [0.29, 0.717) is 10.9 Å². The van der Waals surface area contributed by atoms with Crippen LogP contribution in [0, 0.1) is 5.92 Å². The molecule has 1 atom stereocenters. The second-order valence-corrected chi connectivity index (χ2v) is 7.48. The van der Waals surface area contributed by atoms with E-state index < -0.39 is 0 Å². The van der Waals surface area contributed by atoms with E-state index in [1.165, 1.54) is 37.3 Å². The van der Waals surface area contributed by atoms with Crippen molar-refractivity contribution in [3.8, 4) is 16.2 Å². The van der Waals surface area contributed by atoms with Crippen molar-refractivity contribution in [3.63, 3.8) is 0 Å². The SMILES string of the molecule is COc1ccccc1-c1cnc(C(=O)NC2CN3CCC2CC3)s1. The number of para-hydroxylation sites is 1. The summed E-state index contributed by atoms with van der Waals surface area (Å²) >= 11 is 1.42. The fraction of sp³-hybridized carbons (Fsp3) is 0.444. The molecule has 1 N–H and O–H groups in total. The van der Waals surface area contributed by atoms with Crippen LogP contribution in [0.15, 0.2) is 30.5 Å². The minimum absolute atomic E-state index is 0.0557. The number of piperidine rings is 3. The van der Waals surface area contributed by atoms with E-state index in [0.717, 1.165) is 22.7 Å². The fourth-order valence-corrected chi connectivity index (χ4v) is 4.56. The number of ether oxygens (including phenoxy) is 1. The van der Waals surface area contributed by atoms with E-state index in [2.05, 4.69) is 15.2 Å². The Kier molecular flexibility index (Phi) is 4.24. The molecule has 2 aromatic rings. The molecule has 3 fully saturated rings. The number of carbonyl (C=O) groups excluding carboxylic acids is 1. The molecular weight excluding hydrogens is 322 g/mol. The number of rotatable bonds is 4. The zero-order valence-electron chi connectivity index (χ0n) is 13.7. The summed E-state index contributed by atoms with van der Waals surface area (Å²) < 4.78 is 5.40. The Morgan fingerprint density at radius 3 is 2.83 bits per heavy atom. The maximum atomic E-state index is 12.6. The molecule has 1 aromatic heterocycles. The first kappa shape index (κ1) is 15.6. The predicted octanol–water partition coefficient (Wildman–Crippen LogP) is 2.64. The molecule has 2 bridgehead atoms. The fourth-order valence-electron chi connectivity index (χ4n) is 3.71. The Hall–Kier alpha value is -1.92. The molecule has 3 saturated heterocycles. The first-order valence-electron chi connectivity index (χ1n) is 8.37. The van der Waals surface area contributed by atoms with Gasteiger partial charge in [-0.3, -0.25) is 4.79 Å². The summed E-state index contributed by atoms with van der Waals surface area (Å²) in [5.41, 5.74) is 0.972. The number of hydrogen-bond donors (Lipinski definition) is 1. The molecule has 3 aliphatic rings. The summed E-state index contributed by atoms with van der Waals surface area (Å²) in [5, 5.41) is 3.72. The van der Waals surface area contributed by atoms with E-state index >= 15 is 0 Å². The molecule has 24 heavy (non-hydrogen) atoms. The molecule has 5 rings (SSSR count). The Balaban J connectivity index is 1.49. The highest BCUT2D eigenvalue weighted by molar-refractivity contribution is 7.17. The van der Waals surface area contributed by atoms with Gasteiger partial charge in [-0.2, -0.15) is 0 Å². The molecule has 0 radical (unpaired) electrons. The number of fused-ring (bicyclic) bond motifs is 3. The molecule has 0 spiro atoms. The number of nitrogens with zero attached hydrogens (tertiary/aromatic N) is 2. The van der Waals surface area contributed by atoms with Crippen LogP contribution in [0.3, 0.4) is 0 Å². The van der Waals surface area contributed by atoms with Crippen LogP contribution in [-0.2, 0) is 0 Å². The number of methoxy groups -OCH3 is 1. The van der Waals surface area contributed by atoms with Gasteiger partial charge in [-0.15, -0.1) is 11.3 Å². The Bertz CT molecular complexity index is 737. The summed E-state index contributed by atoms with van der Waals surface area (Å²) in [6.45, 7) is 3.32. The maximum absolute atomic E-state index is 12.6. The van der Waals surface area contributed by atoms with Gasteiger partial charge in [-0.05, 0) is 44.0 Å². The minimum atomic E-state index is -0.0557. The summed E-state index contributed by atoms with van der Waals surface area (Å²) in [5.74, 6) is 1.36. The van der Waals surface area contributed by atoms with Gasteiger partial charge in [0.2, 0.25) is 0 Å². The molecule has 1 unspecified atom stereocenters. The van der Waals surface area contributed by atoms with E-state index in [1.807, 2.05) is 24.3 Å². The van der Waals surface area contributed by atoms with Crippen LogP contribution in [0.1, 0.15) is 22.6 Å². The van der Waals surface area contributed by atoms with E-state index in [9.17, 15) is 4.79 Å². The first-order valence-corrected chi connectivity index (χ1v) is 9.18. The van der Waals surface area contributed by atoms with Gasteiger partial charge in [0.15, 0.2) is 5.01 Å². The average Bonchev–Trinajstić information content (AvgIpc) is 3.13. The summed E-state index contributed by atoms with van der Waals surface area (Å²) in [6, 6.07) is 8.07. The standard InChI is InChI=1S/C18H21N3O2S/c1-23-15-5-3-2-4-13(15)16-10-19-18(24-16)17(22)20-14-11-21-8-6-12(14)7-9-21/h2-5,10,12,14H,6-9,11H2,1H3,(H,20,22). The van der Waals surface area contributed by atoms with Gasteiger partial charge in [0, 0.05) is 24.3 Å². The van der Waals surface area contributed by atoms with Crippen LogP contribution >= 0.6 is 11.3 Å². The van der Waals surface area contributed by atoms with Crippen molar-refractivity contribution in [1.82, 2.24) is 15.2 Å². The van der Waals surface area contributed by atoms with Crippen LogP contribution in [0.2, 0.25) is 0 Å². The topological polar surface area (TPSA) is 54.5 Å². The average molecular weight is 343 g/mol. The predicted molar refractivity (Wildman–Crippen MR) is 94.5 cm³/mol. The van der Waals surface area contributed by atoms with Crippen molar-refractivity contribution in [2.45, 2.75) is 18.9 Å². The molecule has 5 nitrogen and oxygen atoms in total. The maximum Gasteiger partial charge on any atom is 0.280 e. The second kappa shape index (κ2) is 6.53. The Morgan fingerprint density at radius 1 is 1.33 bits per heavy atom. The number of aromatic nitrogens is 1. The van der Waals surface area contributed by atoms with Crippen LogP contribution in [0.4, 0.5) is 0 Å². The smallest absolute Gasteiger partial charge is 0.280 e. The number of carbonyl (C=O) groups is 1. The highest BCUT2D eigenvalue weighted by atomic mass is 32.1. The van der Waals surface area contributed by atoms with Crippen molar-refractivity contribution in [1.29, 1.82) is 0 Å². The third-order valence-electron chi connectivity index (χ3n) is 5.05. The third kappa shape index (κ3) is 2.91. The third-order valence-corrected chi connectivity index (χ3v) is 6.07. The lowest BCUT2D eigenvalue weighted by molar-refractivity contribution is 0.0620. The Labute approximate surface area is 145 Å². The van der Waals surface area contributed by atoms with E-state index in [-0.39, 0.29) is 11.9 Å². The van der Waals surface area contributed by atoms with Gasteiger partial charge in [-0.25, -0.2) is 4.98 Å². The number of benzene rings is 1. The van der Waals surface area contributed by atoms with Crippen molar-refractivity contribution >= 4 is 17.2 Å². The molecule has 3 aliphatic heterocycles. The molecule has 1 amide bonds. The first-order chi connectivity index (χ1) is 11.7. The number of hydrogen-bond acceptors (Lipinski definition) is 5. The summed E-state index contributed by atoms with van der Waals surface area (Å²) in [4.78, 5) is 20.3. The van der Waals surface area contributed by atoms with E-state index in [4.69, 9.17) is 4.74 Å². The molecule has 4 heterocycles. The molecular formula is C18H21N3O2S. The van der Waals surface area contributed by atoms with Crippen molar-refractivity contribution in [3.05, 3.63) is 35.5 Å². The van der Waals surface area contributed by atoms with Gasteiger partial charge >= 0.3 is 0 Å². The van der Waals surface area contributed by atoms with Crippen molar-refractivity contribution in [2.24, 2.45) is 5.92 Å². The van der Waals surface area contributed by atoms with Crippen molar-refractivity contribution < 1.29 is 9.53 Å². The molecule has 0 aliphatic carbocycles. The second-order valence-electron chi connectivity index (χ2n) is 6.45. The Morgan fingerprint density at radius 2 is 2.12 bits per heavy atom. The van der Waals surface area contributed by atoms with Crippen molar-refractivity contribution in [2.75, 3.05) is 26.7 Å². The van der Waals surface area contributed by atoms with Gasteiger partial charge in [-0.1, -0.05) is 12.1 Å². The quantitative estimate of drug-likeness (QED) is 0.927. The van der Waals surface area contributed by atoms with Crippen LogP contribution in [0.25, 0.3) is 10.4 Å². The van der Waals surface area contributed by atoms with Gasteiger partial charge in [0.1, 0.15) is 5.75 Å². The summed E-state index contributed by atoms with van der Waals surface area (Å²) in [7, 11) is 1.65. The molecule has 6 heteroatoms. The van der Waals surface area contributed by atoms with Gasteiger partial charge in [0.25, 0.3) is 5.91 Å². The lowest BCUT2D eigenvalue weighted by Crippen LogP contribution is -2.57. The lowest BCUT2D eigenvalue weighted by atomic mass is 9.84. The highest BCUT2D eigenvalue weighted by Crippen LogP contribution is 2.34. The van der Waals surface area contributed by atoms with Crippen LogP contribution in [0.5, 0.6) is 5.75 Å². The number of amides is 1. The zero-order valence-corrected chi connectivity index (χ0v) is 14.5. The number of nitrogens with one attached hydrogen (secondary N) is 1. The lowest BCUT2D eigenvalue weighted by Gasteiger charge is -2.44. The molecule has 0 saturated carbocycles. The largest absolute Gasteiger partial charge is 0.496 e. The van der Waals surface area contributed by atoms with Gasteiger partial charge in [0.05, 0.1) is 12.0 Å².